The lowest BCUT2D eigenvalue weighted by atomic mass is 9.94. The molecule has 0 amide bonds. The van der Waals surface area contributed by atoms with E-state index in [9.17, 15) is 20.0 Å². The van der Waals surface area contributed by atoms with Gasteiger partial charge >= 0.3 is 5.97 Å². The average Bonchev–Trinajstić information content (AvgIpc) is 2.66. The zero-order chi connectivity index (χ0) is 19.4. The third kappa shape index (κ3) is 4.12. The first kappa shape index (κ1) is 18.1. The standard InChI is InChI=1S/C21H18N2O4/c1-14-4-2-3-5-18(14)20-12-15(6-11-19(20)21(24)25)13-22-16-7-9-17(10-8-16)23(26)27/h2-12,22H,13H2,1H3,(H,24,25). The van der Waals surface area contributed by atoms with Gasteiger partial charge in [-0.15, -0.1) is 0 Å². The van der Waals surface area contributed by atoms with Crippen molar-refractivity contribution in [3.8, 4) is 11.1 Å². The van der Waals surface area contributed by atoms with Gasteiger partial charge in [0.25, 0.3) is 5.69 Å². The molecule has 0 saturated carbocycles. The number of nitro benzene ring substituents is 1. The Kier molecular flexibility index (Phi) is 5.17. The highest BCUT2D eigenvalue weighted by molar-refractivity contribution is 5.96. The Morgan fingerprint density at radius 1 is 1.04 bits per heavy atom. The molecule has 0 unspecified atom stereocenters. The second-order valence-electron chi connectivity index (χ2n) is 6.16. The minimum absolute atomic E-state index is 0.0354. The molecular weight excluding hydrogens is 344 g/mol. The molecule has 0 spiro atoms. The van der Waals surface area contributed by atoms with E-state index in [0.29, 0.717) is 12.1 Å². The van der Waals surface area contributed by atoms with E-state index in [1.54, 1.807) is 24.3 Å². The zero-order valence-electron chi connectivity index (χ0n) is 14.7. The number of hydrogen-bond donors (Lipinski definition) is 2. The predicted octanol–water partition coefficient (Wildman–Crippen LogP) is 4.88. The Morgan fingerprint density at radius 3 is 2.37 bits per heavy atom. The number of benzene rings is 3. The summed E-state index contributed by atoms with van der Waals surface area (Å²) >= 11 is 0. The molecule has 0 heterocycles. The number of carboxylic acid groups (broad SMARTS) is 1. The van der Waals surface area contributed by atoms with Crippen molar-refractivity contribution in [2.75, 3.05) is 5.32 Å². The molecule has 6 heteroatoms. The van der Waals surface area contributed by atoms with Gasteiger partial charge in [-0.2, -0.15) is 0 Å². The Labute approximate surface area is 156 Å². The van der Waals surface area contributed by atoms with E-state index in [1.165, 1.54) is 12.1 Å². The quantitative estimate of drug-likeness (QED) is 0.481. The molecule has 0 aliphatic carbocycles. The molecule has 27 heavy (non-hydrogen) atoms. The first-order chi connectivity index (χ1) is 13.0. The maximum absolute atomic E-state index is 11.6. The average molecular weight is 362 g/mol. The van der Waals surface area contributed by atoms with Crippen LogP contribution in [0.4, 0.5) is 11.4 Å². The van der Waals surface area contributed by atoms with Gasteiger partial charge in [-0.25, -0.2) is 4.79 Å². The van der Waals surface area contributed by atoms with Crippen LogP contribution < -0.4 is 5.32 Å². The molecule has 0 radical (unpaired) electrons. The number of carbonyl (C=O) groups is 1. The summed E-state index contributed by atoms with van der Waals surface area (Å²) in [4.78, 5) is 21.9. The van der Waals surface area contributed by atoms with Crippen LogP contribution in [0.25, 0.3) is 11.1 Å². The van der Waals surface area contributed by atoms with E-state index in [4.69, 9.17) is 0 Å². The number of nitro groups is 1. The zero-order valence-corrected chi connectivity index (χ0v) is 14.7. The van der Waals surface area contributed by atoms with Crippen molar-refractivity contribution in [1.29, 1.82) is 0 Å². The predicted molar refractivity (Wildman–Crippen MR) is 104 cm³/mol. The summed E-state index contributed by atoms with van der Waals surface area (Å²) in [6, 6.07) is 19.1. The number of aryl methyl sites for hydroxylation is 1. The lowest BCUT2D eigenvalue weighted by Crippen LogP contribution is -2.04. The van der Waals surface area contributed by atoms with Crippen LogP contribution in [0.5, 0.6) is 0 Å². The van der Waals surface area contributed by atoms with Gasteiger partial charge in [0.15, 0.2) is 0 Å². The Morgan fingerprint density at radius 2 is 1.74 bits per heavy atom. The molecule has 0 bridgehead atoms. The molecule has 3 aromatic carbocycles. The number of carboxylic acids is 1. The first-order valence-electron chi connectivity index (χ1n) is 8.36. The SMILES string of the molecule is Cc1ccccc1-c1cc(CNc2ccc([N+](=O)[O-])cc2)ccc1C(=O)O. The van der Waals surface area contributed by atoms with Gasteiger partial charge in [0.05, 0.1) is 10.5 Å². The van der Waals surface area contributed by atoms with Crippen LogP contribution >= 0.6 is 0 Å². The minimum atomic E-state index is -0.969. The summed E-state index contributed by atoms with van der Waals surface area (Å²) in [5, 5.41) is 23.4. The van der Waals surface area contributed by atoms with Gasteiger partial charge in [0.2, 0.25) is 0 Å². The summed E-state index contributed by atoms with van der Waals surface area (Å²) in [6.07, 6.45) is 0. The van der Waals surface area contributed by atoms with Gasteiger partial charge in [-0.3, -0.25) is 10.1 Å². The molecule has 0 atom stereocenters. The number of non-ortho nitro benzene ring substituents is 1. The first-order valence-corrected chi connectivity index (χ1v) is 8.36. The van der Waals surface area contributed by atoms with Gasteiger partial charge < -0.3 is 10.4 Å². The van der Waals surface area contributed by atoms with Crippen LogP contribution in [0.2, 0.25) is 0 Å². The fraction of sp³-hybridized carbons (Fsp3) is 0.0952. The summed E-state index contributed by atoms with van der Waals surface area (Å²) in [6.45, 7) is 2.42. The Bertz CT molecular complexity index is 997. The highest BCUT2D eigenvalue weighted by Gasteiger charge is 2.14. The van der Waals surface area contributed by atoms with Crippen molar-refractivity contribution >= 4 is 17.3 Å². The third-order valence-corrected chi connectivity index (χ3v) is 4.32. The molecule has 0 fully saturated rings. The second kappa shape index (κ2) is 7.70. The van der Waals surface area contributed by atoms with Crippen molar-refractivity contribution in [1.82, 2.24) is 0 Å². The highest BCUT2D eigenvalue weighted by atomic mass is 16.6. The molecule has 0 aliphatic heterocycles. The van der Waals surface area contributed by atoms with E-state index in [1.807, 2.05) is 37.3 Å². The van der Waals surface area contributed by atoms with Crippen molar-refractivity contribution in [2.24, 2.45) is 0 Å². The number of aromatic carboxylic acids is 1. The Hall–Kier alpha value is -3.67. The van der Waals surface area contributed by atoms with Crippen molar-refractivity contribution in [3.05, 3.63) is 93.5 Å². The number of nitrogens with one attached hydrogen (secondary N) is 1. The lowest BCUT2D eigenvalue weighted by molar-refractivity contribution is -0.384. The monoisotopic (exact) mass is 362 g/mol. The molecule has 136 valence electrons. The molecular formula is C21H18N2O4. The van der Waals surface area contributed by atoms with Gasteiger partial charge in [0.1, 0.15) is 0 Å². The van der Waals surface area contributed by atoms with Crippen LogP contribution in [0.15, 0.2) is 66.7 Å². The van der Waals surface area contributed by atoms with Crippen LogP contribution in [0, 0.1) is 17.0 Å². The number of anilines is 1. The van der Waals surface area contributed by atoms with Crippen LogP contribution in [0.3, 0.4) is 0 Å². The van der Waals surface area contributed by atoms with Crippen LogP contribution in [0.1, 0.15) is 21.5 Å². The number of hydrogen-bond acceptors (Lipinski definition) is 4. The van der Waals surface area contributed by atoms with Crippen molar-refractivity contribution in [3.63, 3.8) is 0 Å². The smallest absolute Gasteiger partial charge is 0.336 e. The number of rotatable bonds is 6. The fourth-order valence-electron chi connectivity index (χ4n) is 2.89. The highest BCUT2D eigenvalue weighted by Crippen LogP contribution is 2.28. The minimum Gasteiger partial charge on any atom is -0.478 e. The summed E-state index contributed by atoms with van der Waals surface area (Å²) in [7, 11) is 0. The summed E-state index contributed by atoms with van der Waals surface area (Å²) in [5.41, 5.74) is 4.50. The number of nitrogens with zero attached hydrogens (tertiary/aromatic N) is 1. The third-order valence-electron chi connectivity index (χ3n) is 4.32. The maximum Gasteiger partial charge on any atom is 0.336 e. The molecule has 0 aromatic heterocycles. The molecule has 2 N–H and O–H groups in total. The van der Waals surface area contributed by atoms with Gasteiger partial charge in [-0.05, 0) is 53.4 Å². The Balaban J connectivity index is 1.86. The molecule has 3 aromatic rings. The van der Waals surface area contributed by atoms with Crippen molar-refractivity contribution < 1.29 is 14.8 Å². The van der Waals surface area contributed by atoms with E-state index in [0.717, 1.165) is 22.4 Å². The van der Waals surface area contributed by atoms with Crippen LogP contribution in [-0.4, -0.2) is 16.0 Å². The molecule has 3 rings (SSSR count). The topological polar surface area (TPSA) is 92.5 Å². The fourth-order valence-corrected chi connectivity index (χ4v) is 2.89. The van der Waals surface area contributed by atoms with Gasteiger partial charge in [0, 0.05) is 24.4 Å². The van der Waals surface area contributed by atoms with E-state index in [2.05, 4.69) is 5.32 Å². The molecule has 0 saturated heterocycles. The lowest BCUT2D eigenvalue weighted by Gasteiger charge is -2.13. The van der Waals surface area contributed by atoms with E-state index in [-0.39, 0.29) is 11.3 Å². The van der Waals surface area contributed by atoms with Crippen LogP contribution in [-0.2, 0) is 6.54 Å². The summed E-state index contributed by atoms with van der Waals surface area (Å²) < 4.78 is 0. The second-order valence-corrected chi connectivity index (χ2v) is 6.16. The molecule has 6 nitrogen and oxygen atoms in total. The van der Waals surface area contributed by atoms with Crippen molar-refractivity contribution in [2.45, 2.75) is 13.5 Å². The maximum atomic E-state index is 11.6. The largest absolute Gasteiger partial charge is 0.478 e. The normalized spacial score (nSPS) is 10.4. The van der Waals surface area contributed by atoms with E-state index >= 15 is 0 Å². The van der Waals surface area contributed by atoms with E-state index < -0.39 is 10.9 Å². The summed E-state index contributed by atoms with van der Waals surface area (Å²) in [5.74, 6) is -0.969. The van der Waals surface area contributed by atoms with Gasteiger partial charge in [-0.1, -0.05) is 30.3 Å². The molecule has 0 aliphatic rings.